The van der Waals surface area contributed by atoms with E-state index in [1.165, 1.54) is 27.5 Å². The lowest BCUT2D eigenvalue weighted by Crippen LogP contribution is -2.33. The van der Waals surface area contributed by atoms with Crippen LogP contribution in [0.15, 0.2) is 30.9 Å². The molecule has 0 unspecified atom stereocenters. The largest absolute Gasteiger partial charge is 0.406 e. The lowest BCUT2D eigenvalue weighted by molar-refractivity contribution is -0.0511. The van der Waals surface area contributed by atoms with E-state index < -0.39 is 31.1 Å². The molecule has 1 fully saturated rings. The quantitative estimate of drug-likeness (QED) is 0.455. The number of nitrogens with zero attached hydrogens (tertiary/aromatic N) is 4. The van der Waals surface area contributed by atoms with Crippen LogP contribution in [0.1, 0.15) is 22.9 Å². The second-order valence-electron chi connectivity index (χ2n) is 7.16. The molecule has 2 aromatic heterocycles. The van der Waals surface area contributed by atoms with Crippen molar-refractivity contribution in [2.45, 2.75) is 45.0 Å². The van der Waals surface area contributed by atoms with Gasteiger partial charge in [0, 0.05) is 0 Å². The van der Waals surface area contributed by atoms with Crippen LogP contribution in [-0.2, 0) is 11.3 Å². The van der Waals surface area contributed by atoms with Gasteiger partial charge in [0.2, 0.25) is 0 Å². The highest BCUT2D eigenvalue weighted by atomic mass is 16.7. The molecule has 1 aliphatic heterocycles. The zero-order chi connectivity index (χ0) is 20.7. The first-order valence-corrected chi connectivity index (χ1v) is 9.21. The van der Waals surface area contributed by atoms with Gasteiger partial charge in [-0.2, -0.15) is 4.73 Å². The summed E-state index contributed by atoms with van der Waals surface area (Å²) in [6.45, 7) is 3.91. The van der Waals surface area contributed by atoms with Crippen molar-refractivity contribution in [3.63, 3.8) is 0 Å². The second-order valence-corrected chi connectivity index (χ2v) is 7.16. The fraction of sp³-hybridized carbons (Fsp3) is 0.421. The second kappa shape index (κ2) is 7.56. The molecule has 0 spiro atoms. The van der Waals surface area contributed by atoms with E-state index in [1.54, 1.807) is 0 Å². The summed E-state index contributed by atoms with van der Waals surface area (Å²) in [5.41, 5.74) is 3.87. The van der Waals surface area contributed by atoms with Gasteiger partial charge in [0.1, 0.15) is 31.2 Å². The molecule has 4 atom stereocenters. The van der Waals surface area contributed by atoms with E-state index in [0.29, 0.717) is 5.65 Å². The SMILES string of the molecule is Cc1ccc(COn2cnc3c(ncn3[C@@H]3O[C@H](CO)[C@@H](O)[C@H]3O)c2=N)cc1C. The molecule has 154 valence electrons. The Morgan fingerprint density at radius 2 is 1.93 bits per heavy atom. The predicted molar refractivity (Wildman–Crippen MR) is 101 cm³/mol. The van der Waals surface area contributed by atoms with E-state index >= 15 is 0 Å². The topological polar surface area (TPSA) is 139 Å². The molecular formula is C19H23N5O5. The molecule has 1 aromatic carbocycles. The molecule has 0 saturated carbocycles. The Hall–Kier alpha value is -2.79. The van der Waals surface area contributed by atoms with E-state index in [0.717, 1.165) is 11.1 Å². The molecule has 4 rings (SSSR count). The van der Waals surface area contributed by atoms with Crippen LogP contribution in [0.2, 0.25) is 0 Å². The van der Waals surface area contributed by atoms with Gasteiger partial charge in [0.05, 0.1) is 12.9 Å². The summed E-state index contributed by atoms with van der Waals surface area (Å²) in [6, 6.07) is 6.02. The Kier molecular flexibility index (Phi) is 5.09. The predicted octanol–water partition coefficient (Wildman–Crippen LogP) is -0.431. The molecule has 3 heterocycles. The fourth-order valence-electron chi connectivity index (χ4n) is 3.35. The monoisotopic (exact) mass is 401 g/mol. The number of aliphatic hydroxyl groups is 3. The Morgan fingerprint density at radius 1 is 1.14 bits per heavy atom. The molecule has 0 amide bonds. The first-order chi connectivity index (χ1) is 13.9. The number of fused-ring (bicyclic) bond motifs is 1. The fourth-order valence-corrected chi connectivity index (χ4v) is 3.35. The van der Waals surface area contributed by atoms with Gasteiger partial charge >= 0.3 is 0 Å². The van der Waals surface area contributed by atoms with Crippen LogP contribution in [0.4, 0.5) is 0 Å². The number of rotatable bonds is 5. The maximum atomic E-state index is 10.2. The average molecular weight is 401 g/mol. The summed E-state index contributed by atoms with van der Waals surface area (Å²) in [4.78, 5) is 14.2. The van der Waals surface area contributed by atoms with Gasteiger partial charge in [-0.25, -0.2) is 9.97 Å². The molecule has 0 bridgehead atoms. The van der Waals surface area contributed by atoms with Crippen molar-refractivity contribution in [3.8, 4) is 0 Å². The maximum absolute atomic E-state index is 10.2. The van der Waals surface area contributed by atoms with Crippen LogP contribution in [-0.4, -0.2) is 59.5 Å². The Labute approximate surface area is 166 Å². The minimum Gasteiger partial charge on any atom is -0.406 e. The summed E-state index contributed by atoms with van der Waals surface area (Å²) < 4.78 is 8.18. The number of nitrogens with one attached hydrogen (secondary N) is 1. The summed E-state index contributed by atoms with van der Waals surface area (Å²) >= 11 is 0. The number of hydrogen-bond donors (Lipinski definition) is 4. The number of aryl methyl sites for hydroxylation is 2. The Balaban J connectivity index is 1.59. The highest BCUT2D eigenvalue weighted by Crippen LogP contribution is 2.30. The third-order valence-electron chi connectivity index (χ3n) is 5.23. The molecule has 1 aliphatic rings. The van der Waals surface area contributed by atoms with Crippen LogP contribution in [0.25, 0.3) is 11.2 Å². The van der Waals surface area contributed by atoms with Gasteiger partial charge in [-0.05, 0) is 30.5 Å². The third kappa shape index (κ3) is 3.40. The zero-order valence-corrected chi connectivity index (χ0v) is 16.1. The number of aromatic nitrogens is 4. The maximum Gasteiger partial charge on any atom is 0.192 e. The summed E-state index contributed by atoms with van der Waals surface area (Å²) in [5, 5.41) is 37.8. The lowest BCUT2D eigenvalue weighted by Gasteiger charge is -2.16. The number of hydrogen-bond acceptors (Lipinski definition) is 8. The van der Waals surface area contributed by atoms with Gasteiger partial charge in [0.15, 0.2) is 22.9 Å². The molecular weight excluding hydrogens is 378 g/mol. The van der Waals surface area contributed by atoms with Crippen molar-refractivity contribution < 1.29 is 24.9 Å². The zero-order valence-electron chi connectivity index (χ0n) is 16.1. The molecule has 10 nitrogen and oxygen atoms in total. The molecule has 3 aromatic rings. The van der Waals surface area contributed by atoms with Crippen LogP contribution < -0.4 is 10.3 Å². The van der Waals surface area contributed by atoms with Crippen LogP contribution in [0.3, 0.4) is 0 Å². The molecule has 4 N–H and O–H groups in total. The number of imidazole rings is 1. The van der Waals surface area contributed by atoms with Crippen molar-refractivity contribution >= 4 is 11.2 Å². The van der Waals surface area contributed by atoms with Gasteiger partial charge in [0.25, 0.3) is 0 Å². The van der Waals surface area contributed by atoms with Gasteiger partial charge in [-0.15, -0.1) is 0 Å². The van der Waals surface area contributed by atoms with E-state index in [-0.39, 0.29) is 17.6 Å². The van der Waals surface area contributed by atoms with Gasteiger partial charge in [-0.3, -0.25) is 9.98 Å². The third-order valence-corrected chi connectivity index (χ3v) is 5.23. The molecule has 0 aliphatic carbocycles. The van der Waals surface area contributed by atoms with Crippen LogP contribution in [0.5, 0.6) is 0 Å². The highest BCUT2D eigenvalue weighted by molar-refractivity contribution is 5.68. The standard InChI is InChI=1S/C19H23N5O5/c1-10-3-4-12(5-11(10)2)7-28-24-9-22-18-14(17(24)20)21-8-23(18)19-16(27)15(26)13(6-25)29-19/h3-5,8-9,13,15-16,19-20,25-27H,6-7H2,1-2H3/t13-,15-,16-,19-/m1/s1. The van der Waals surface area contributed by atoms with Gasteiger partial charge < -0.3 is 24.9 Å². The van der Waals surface area contributed by atoms with Crippen molar-refractivity contribution in [3.05, 3.63) is 53.0 Å². The number of aliphatic hydroxyl groups excluding tert-OH is 3. The van der Waals surface area contributed by atoms with Crippen molar-refractivity contribution in [2.75, 3.05) is 6.61 Å². The smallest absolute Gasteiger partial charge is 0.192 e. The highest BCUT2D eigenvalue weighted by Gasteiger charge is 2.44. The number of benzene rings is 1. The normalized spacial score (nSPS) is 24.3. The molecule has 10 heteroatoms. The average Bonchev–Trinajstić information content (AvgIpc) is 3.26. The summed E-state index contributed by atoms with van der Waals surface area (Å²) in [6.07, 6.45) is -1.62. The first kappa shape index (κ1) is 19.5. The van der Waals surface area contributed by atoms with Gasteiger partial charge in [-0.1, -0.05) is 18.2 Å². The number of ether oxygens (including phenoxy) is 1. The van der Waals surface area contributed by atoms with E-state index in [9.17, 15) is 15.3 Å². The van der Waals surface area contributed by atoms with E-state index in [4.69, 9.17) is 15.0 Å². The Bertz CT molecular complexity index is 1090. The molecule has 0 radical (unpaired) electrons. The van der Waals surface area contributed by atoms with E-state index in [2.05, 4.69) is 9.97 Å². The van der Waals surface area contributed by atoms with E-state index in [1.807, 2.05) is 32.0 Å². The minimum absolute atomic E-state index is 0.00988. The van der Waals surface area contributed by atoms with Crippen molar-refractivity contribution in [1.82, 2.24) is 19.3 Å². The molecule has 1 saturated heterocycles. The van der Waals surface area contributed by atoms with Crippen molar-refractivity contribution in [2.24, 2.45) is 0 Å². The van der Waals surface area contributed by atoms with Crippen molar-refractivity contribution in [1.29, 1.82) is 5.41 Å². The Morgan fingerprint density at radius 3 is 2.62 bits per heavy atom. The first-order valence-electron chi connectivity index (χ1n) is 9.21. The minimum atomic E-state index is -1.26. The summed E-state index contributed by atoms with van der Waals surface area (Å²) in [5.74, 6) is 0. The summed E-state index contributed by atoms with van der Waals surface area (Å²) in [7, 11) is 0. The van der Waals surface area contributed by atoms with Crippen LogP contribution >= 0.6 is 0 Å². The molecule has 29 heavy (non-hydrogen) atoms. The van der Waals surface area contributed by atoms with Crippen LogP contribution in [0, 0.1) is 19.3 Å². The lowest BCUT2D eigenvalue weighted by atomic mass is 10.1.